The Labute approximate surface area is 89.0 Å². The number of hydrogen-bond donors (Lipinski definition) is 2. The average molecular weight is 205 g/mol. The van der Waals surface area contributed by atoms with Crippen molar-refractivity contribution in [1.29, 1.82) is 0 Å². The zero-order valence-corrected chi connectivity index (χ0v) is 8.90. The van der Waals surface area contributed by atoms with Gasteiger partial charge in [-0.2, -0.15) is 0 Å². The van der Waals surface area contributed by atoms with Crippen LogP contribution in [0.25, 0.3) is 0 Å². The lowest BCUT2D eigenvalue weighted by molar-refractivity contribution is 0.0939. The third-order valence-corrected chi connectivity index (χ3v) is 1.93. The van der Waals surface area contributed by atoms with E-state index in [0.717, 1.165) is 0 Å². The molecule has 0 saturated carbocycles. The van der Waals surface area contributed by atoms with Gasteiger partial charge in [-0.3, -0.25) is 4.79 Å². The maximum atomic E-state index is 11.6. The summed E-state index contributed by atoms with van der Waals surface area (Å²) in [7, 11) is 0. The summed E-state index contributed by atoms with van der Waals surface area (Å²) in [6, 6.07) is 6.89. The van der Waals surface area contributed by atoms with Crippen LogP contribution in [-0.4, -0.2) is 11.7 Å². The Hall–Kier alpha value is -1.84. The summed E-state index contributed by atoms with van der Waals surface area (Å²) in [5.74, 6) is 0.128. The Balaban J connectivity index is 2.90. The Kier molecular flexibility index (Phi) is 3.44. The summed E-state index contributed by atoms with van der Waals surface area (Å²) in [5.41, 5.74) is 11.8. The molecule has 80 valence electrons. The predicted octanol–water partition coefficient (Wildman–Crippen LogP) is 1.43. The number of Topliss-reactive ketones (excluding diaryl/α,β-unsaturated/α-hetero) is 1. The van der Waals surface area contributed by atoms with Crippen LogP contribution in [0.2, 0.25) is 0 Å². The molecule has 15 heavy (non-hydrogen) atoms. The highest BCUT2D eigenvalue weighted by atomic mass is 16.1. The number of aliphatic imine (C=N–C) groups is 1. The van der Waals surface area contributed by atoms with E-state index in [2.05, 4.69) is 4.99 Å². The number of ketones is 1. The number of nitrogens with two attached hydrogens (primary N) is 2. The second-order valence-corrected chi connectivity index (χ2v) is 3.60. The number of carbonyl (C=O) groups excluding carboxylic acids is 1. The lowest BCUT2D eigenvalue weighted by Crippen LogP contribution is -2.21. The lowest BCUT2D eigenvalue weighted by Gasteiger charge is -2.03. The highest BCUT2D eigenvalue weighted by Gasteiger charge is 2.09. The van der Waals surface area contributed by atoms with Gasteiger partial charge in [0, 0.05) is 11.5 Å². The maximum absolute atomic E-state index is 11.6. The van der Waals surface area contributed by atoms with Gasteiger partial charge in [0.05, 0.1) is 5.69 Å². The lowest BCUT2D eigenvalue weighted by atomic mass is 10.0. The Morgan fingerprint density at radius 2 is 1.73 bits per heavy atom. The first-order valence-electron chi connectivity index (χ1n) is 4.74. The standard InChI is InChI=1S/C11H15N3O/c1-7(2)10(15)8-3-5-9(6-4-8)14-11(12)13/h3-7H,1-2H3,(H4,12,13,14). The van der Waals surface area contributed by atoms with Gasteiger partial charge in [0.2, 0.25) is 0 Å². The molecule has 0 saturated heterocycles. The SMILES string of the molecule is CC(C)C(=O)c1ccc(N=C(N)N)cc1. The maximum Gasteiger partial charge on any atom is 0.191 e. The summed E-state index contributed by atoms with van der Waals surface area (Å²) in [5, 5.41) is 0. The van der Waals surface area contributed by atoms with Gasteiger partial charge in [0.1, 0.15) is 0 Å². The van der Waals surface area contributed by atoms with E-state index in [-0.39, 0.29) is 17.7 Å². The summed E-state index contributed by atoms with van der Waals surface area (Å²) in [4.78, 5) is 15.5. The molecule has 1 rings (SSSR count). The fraction of sp³-hybridized carbons (Fsp3) is 0.273. The van der Waals surface area contributed by atoms with Crippen molar-refractivity contribution in [3.05, 3.63) is 29.8 Å². The number of carbonyl (C=O) groups is 1. The van der Waals surface area contributed by atoms with Crippen molar-refractivity contribution in [1.82, 2.24) is 0 Å². The number of nitrogens with zero attached hydrogens (tertiary/aromatic N) is 1. The Morgan fingerprint density at radius 3 is 2.13 bits per heavy atom. The molecule has 0 unspecified atom stereocenters. The van der Waals surface area contributed by atoms with Crippen molar-refractivity contribution in [2.75, 3.05) is 0 Å². The summed E-state index contributed by atoms with van der Waals surface area (Å²) < 4.78 is 0. The summed E-state index contributed by atoms with van der Waals surface area (Å²) in [6.45, 7) is 3.73. The van der Waals surface area contributed by atoms with Gasteiger partial charge in [0.15, 0.2) is 11.7 Å². The quantitative estimate of drug-likeness (QED) is 0.445. The van der Waals surface area contributed by atoms with Gasteiger partial charge in [-0.15, -0.1) is 0 Å². The zero-order valence-electron chi connectivity index (χ0n) is 8.90. The van der Waals surface area contributed by atoms with Crippen molar-refractivity contribution < 1.29 is 4.79 Å². The van der Waals surface area contributed by atoms with Crippen LogP contribution in [0.15, 0.2) is 29.3 Å². The molecule has 0 atom stereocenters. The normalized spacial score (nSPS) is 10.1. The minimum Gasteiger partial charge on any atom is -0.370 e. The largest absolute Gasteiger partial charge is 0.370 e. The minimum atomic E-state index is -0.000991. The smallest absolute Gasteiger partial charge is 0.191 e. The van der Waals surface area contributed by atoms with E-state index in [1.54, 1.807) is 24.3 Å². The van der Waals surface area contributed by atoms with Crippen molar-refractivity contribution in [2.45, 2.75) is 13.8 Å². The topological polar surface area (TPSA) is 81.5 Å². The van der Waals surface area contributed by atoms with Crippen LogP contribution in [-0.2, 0) is 0 Å². The van der Waals surface area contributed by atoms with Crippen molar-refractivity contribution in [3.8, 4) is 0 Å². The van der Waals surface area contributed by atoms with Crippen LogP contribution in [0.4, 0.5) is 5.69 Å². The molecule has 1 aromatic carbocycles. The number of hydrogen-bond acceptors (Lipinski definition) is 2. The number of benzene rings is 1. The van der Waals surface area contributed by atoms with Crippen molar-refractivity contribution in [2.24, 2.45) is 22.4 Å². The molecule has 0 aliphatic carbocycles. The van der Waals surface area contributed by atoms with Gasteiger partial charge >= 0.3 is 0 Å². The fourth-order valence-corrected chi connectivity index (χ4v) is 1.18. The molecule has 0 amide bonds. The second kappa shape index (κ2) is 4.59. The molecular weight excluding hydrogens is 190 g/mol. The molecule has 0 aliphatic rings. The van der Waals surface area contributed by atoms with Crippen molar-refractivity contribution in [3.63, 3.8) is 0 Å². The van der Waals surface area contributed by atoms with E-state index in [4.69, 9.17) is 11.5 Å². The molecule has 0 aromatic heterocycles. The fourth-order valence-electron chi connectivity index (χ4n) is 1.18. The molecule has 4 heteroatoms. The number of rotatable bonds is 3. The van der Waals surface area contributed by atoms with E-state index in [1.807, 2.05) is 13.8 Å². The second-order valence-electron chi connectivity index (χ2n) is 3.60. The molecule has 0 spiro atoms. The summed E-state index contributed by atoms with van der Waals surface area (Å²) in [6.07, 6.45) is 0. The third kappa shape index (κ3) is 3.09. The van der Waals surface area contributed by atoms with E-state index in [9.17, 15) is 4.79 Å². The average Bonchev–Trinajstić information content (AvgIpc) is 2.17. The predicted molar refractivity (Wildman–Crippen MR) is 61.1 cm³/mol. The molecule has 0 aliphatic heterocycles. The van der Waals surface area contributed by atoms with Gasteiger partial charge in [0.25, 0.3) is 0 Å². The van der Waals surface area contributed by atoms with E-state index in [1.165, 1.54) is 0 Å². The van der Waals surface area contributed by atoms with Gasteiger partial charge in [-0.1, -0.05) is 13.8 Å². The first kappa shape index (κ1) is 11.2. The van der Waals surface area contributed by atoms with Crippen molar-refractivity contribution >= 4 is 17.4 Å². The number of guanidine groups is 1. The molecule has 0 bridgehead atoms. The highest BCUT2D eigenvalue weighted by molar-refractivity contribution is 5.97. The van der Waals surface area contributed by atoms with Crippen LogP contribution in [0.1, 0.15) is 24.2 Å². The van der Waals surface area contributed by atoms with Crippen LogP contribution in [0.5, 0.6) is 0 Å². The zero-order chi connectivity index (χ0) is 11.4. The minimum absolute atomic E-state index is 0.000991. The molecule has 4 nitrogen and oxygen atoms in total. The monoisotopic (exact) mass is 205 g/mol. The Morgan fingerprint density at radius 1 is 1.20 bits per heavy atom. The molecule has 0 heterocycles. The third-order valence-electron chi connectivity index (χ3n) is 1.93. The first-order valence-corrected chi connectivity index (χ1v) is 4.74. The van der Waals surface area contributed by atoms with E-state index >= 15 is 0 Å². The van der Waals surface area contributed by atoms with Gasteiger partial charge in [-0.05, 0) is 24.3 Å². The molecule has 1 aromatic rings. The first-order chi connectivity index (χ1) is 7.00. The van der Waals surface area contributed by atoms with Gasteiger partial charge < -0.3 is 11.5 Å². The van der Waals surface area contributed by atoms with E-state index < -0.39 is 0 Å². The molecule has 4 N–H and O–H groups in total. The van der Waals surface area contributed by atoms with Crippen LogP contribution >= 0.6 is 0 Å². The van der Waals surface area contributed by atoms with Crippen LogP contribution in [0.3, 0.4) is 0 Å². The molecule has 0 fully saturated rings. The van der Waals surface area contributed by atoms with Crippen LogP contribution < -0.4 is 11.5 Å². The van der Waals surface area contributed by atoms with E-state index in [0.29, 0.717) is 11.3 Å². The summed E-state index contributed by atoms with van der Waals surface area (Å²) >= 11 is 0. The molecule has 0 radical (unpaired) electrons. The van der Waals surface area contributed by atoms with Gasteiger partial charge in [-0.25, -0.2) is 4.99 Å². The Bertz CT molecular complexity index is 375. The highest BCUT2D eigenvalue weighted by Crippen LogP contribution is 2.15. The molecular formula is C11H15N3O. The van der Waals surface area contributed by atoms with Crippen LogP contribution in [0, 0.1) is 5.92 Å².